The Bertz CT molecular complexity index is 710. The third kappa shape index (κ3) is 4.02. The minimum atomic E-state index is -0.227. The highest BCUT2D eigenvalue weighted by Gasteiger charge is 2.30. The van der Waals surface area contributed by atoms with Gasteiger partial charge >= 0.3 is 0 Å². The SMILES string of the molecule is C[C@@H](CNc1ccc(C[C@H]2CC(=O)NC2=O)cc1)c1ccccc1. The van der Waals surface area contributed by atoms with Gasteiger partial charge in [-0.2, -0.15) is 0 Å². The molecule has 0 radical (unpaired) electrons. The van der Waals surface area contributed by atoms with Gasteiger partial charge < -0.3 is 5.32 Å². The number of rotatable bonds is 6. The van der Waals surface area contributed by atoms with E-state index in [4.69, 9.17) is 0 Å². The van der Waals surface area contributed by atoms with Crippen LogP contribution in [0.15, 0.2) is 54.6 Å². The fourth-order valence-electron chi connectivity index (χ4n) is 2.99. The van der Waals surface area contributed by atoms with Crippen molar-refractivity contribution in [2.75, 3.05) is 11.9 Å². The first kappa shape index (κ1) is 16.2. The smallest absolute Gasteiger partial charge is 0.230 e. The van der Waals surface area contributed by atoms with Crippen LogP contribution in [0.2, 0.25) is 0 Å². The molecule has 0 saturated carbocycles. The predicted molar refractivity (Wildman–Crippen MR) is 94.7 cm³/mol. The van der Waals surface area contributed by atoms with Crippen LogP contribution in [0.1, 0.15) is 30.4 Å². The summed E-state index contributed by atoms with van der Waals surface area (Å²) in [6, 6.07) is 18.5. The van der Waals surface area contributed by atoms with Crippen molar-refractivity contribution < 1.29 is 9.59 Å². The predicted octanol–water partition coefficient (Wildman–Crippen LogP) is 3.11. The van der Waals surface area contributed by atoms with Gasteiger partial charge in [-0.25, -0.2) is 0 Å². The molecule has 1 fully saturated rings. The van der Waals surface area contributed by atoms with Crippen molar-refractivity contribution in [3.05, 3.63) is 65.7 Å². The quantitative estimate of drug-likeness (QED) is 0.804. The van der Waals surface area contributed by atoms with Gasteiger partial charge in [-0.05, 0) is 35.6 Å². The molecule has 4 nitrogen and oxygen atoms in total. The van der Waals surface area contributed by atoms with Gasteiger partial charge in [-0.15, -0.1) is 0 Å². The van der Waals surface area contributed by atoms with E-state index in [0.29, 0.717) is 18.8 Å². The number of amides is 2. The van der Waals surface area contributed by atoms with Gasteiger partial charge in [0.05, 0.1) is 5.92 Å². The zero-order chi connectivity index (χ0) is 16.9. The second-order valence-electron chi connectivity index (χ2n) is 6.41. The standard InChI is InChI=1S/C20H22N2O2/c1-14(16-5-3-2-4-6-16)13-21-18-9-7-15(8-10-18)11-17-12-19(23)22-20(17)24/h2-10,14,17,21H,11-13H2,1H3,(H,22,23,24)/t14-,17-/m0/s1. The first-order valence-electron chi connectivity index (χ1n) is 8.33. The molecule has 0 aliphatic carbocycles. The zero-order valence-corrected chi connectivity index (χ0v) is 13.8. The molecule has 4 heteroatoms. The molecule has 2 aromatic rings. The van der Waals surface area contributed by atoms with E-state index < -0.39 is 0 Å². The van der Waals surface area contributed by atoms with Crippen molar-refractivity contribution in [2.24, 2.45) is 5.92 Å². The maximum Gasteiger partial charge on any atom is 0.230 e. The molecule has 0 bridgehead atoms. The van der Waals surface area contributed by atoms with Crippen LogP contribution in [0.4, 0.5) is 5.69 Å². The molecule has 1 saturated heterocycles. The van der Waals surface area contributed by atoms with Crippen molar-refractivity contribution in [2.45, 2.75) is 25.7 Å². The van der Waals surface area contributed by atoms with Crippen molar-refractivity contribution in [1.82, 2.24) is 5.32 Å². The number of carbonyl (C=O) groups excluding carboxylic acids is 2. The molecule has 1 heterocycles. The highest BCUT2D eigenvalue weighted by molar-refractivity contribution is 6.03. The summed E-state index contributed by atoms with van der Waals surface area (Å²) in [7, 11) is 0. The Labute approximate surface area is 142 Å². The van der Waals surface area contributed by atoms with E-state index in [-0.39, 0.29) is 17.7 Å². The molecule has 24 heavy (non-hydrogen) atoms. The van der Waals surface area contributed by atoms with Gasteiger partial charge in [0.25, 0.3) is 0 Å². The van der Waals surface area contributed by atoms with Crippen LogP contribution >= 0.6 is 0 Å². The maximum absolute atomic E-state index is 11.6. The molecule has 2 atom stereocenters. The summed E-state index contributed by atoms with van der Waals surface area (Å²) in [5, 5.41) is 5.80. The Morgan fingerprint density at radius 3 is 2.42 bits per heavy atom. The monoisotopic (exact) mass is 322 g/mol. The summed E-state index contributed by atoms with van der Waals surface area (Å²) in [4.78, 5) is 22.9. The van der Waals surface area contributed by atoms with Crippen molar-refractivity contribution in [3.63, 3.8) is 0 Å². The second-order valence-corrected chi connectivity index (χ2v) is 6.41. The van der Waals surface area contributed by atoms with Gasteiger partial charge in [0.15, 0.2) is 0 Å². The second kappa shape index (κ2) is 7.30. The summed E-state index contributed by atoms with van der Waals surface area (Å²) in [5.41, 5.74) is 3.46. The van der Waals surface area contributed by atoms with Crippen molar-refractivity contribution in [1.29, 1.82) is 0 Å². The molecule has 2 aromatic carbocycles. The third-order valence-electron chi connectivity index (χ3n) is 4.48. The lowest BCUT2D eigenvalue weighted by molar-refractivity contribution is -0.125. The van der Waals surface area contributed by atoms with Gasteiger partial charge in [-0.1, -0.05) is 49.4 Å². The number of carbonyl (C=O) groups is 2. The van der Waals surface area contributed by atoms with Crippen LogP contribution in [-0.4, -0.2) is 18.4 Å². The zero-order valence-electron chi connectivity index (χ0n) is 13.8. The molecule has 124 valence electrons. The van der Waals surface area contributed by atoms with E-state index in [2.05, 4.69) is 41.8 Å². The Kier molecular flexibility index (Phi) is 4.94. The van der Waals surface area contributed by atoms with Crippen LogP contribution in [0.3, 0.4) is 0 Å². The fraction of sp³-hybridized carbons (Fsp3) is 0.300. The van der Waals surface area contributed by atoms with Crippen LogP contribution in [0.5, 0.6) is 0 Å². The maximum atomic E-state index is 11.6. The molecule has 3 rings (SSSR count). The van der Waals surface area contributed by atoms with Gasteiger partial charge in [-0.3, -0.25) is 14.9 Å². The molecular formula is C20H22N2O2. The summed E-state index contributed by atoms with van der Waals surface area (Å²) >= 11 is 0. The highest BCUT2D eigenvalue weighted by atomic mass is 16.2. The molecule has 1 aliphatic rings. The largest absolute Gasteiger partial charge is 0.384 e. The normalized spacial score (nSPS) is 18.3. The number of anilines is 1. The minimum Gasteiger partial charge on any atom is -0.384 e. The third-order valence-corrected chi connectivity index (χ3v) is 4.48. The van der Waals surface area contributed by atoms with Crippen molar-refractivity contribution in [3.8, 4) is 0 Å². The summed E-state index contributed by atoms with van der Waals surface area (Å²) < 4.78 is 0. The van der Waals surface area contributed by atoms with E-state index in [0.717, 1.165) is 17.8 Å². The summed E-state index contributed by atoms with van der Waals surface area (Å²) in [5.74, 6) is -0.120. The molecule has 0 aromatic heterocycles. The fourth-order valence-corrected chi connectivity index (χ4v) is 2.99. The summed E-state index contributed by atoms with van der Waals surface area (Å²) in [6.45, 7) is 3.06. The Morgan fingerprint density at radius 1 is 1.08 bits per heavy atom. The van der Waals surface area contributed by atoms with Gasteiger partial charge in [0.2, 0.25) is 11.8 Å². The van der Waals surface area contributed by atoms with Crippen LogP contribution < -0.4 is 10.6 Å². The molecule has 0 spiro atoms. The molecule has 2 N–H and O–H groups in total. The van der Waals surface area contributed by atoms with Crippen LogP contribution in [0, 0.1) is 5.92 Å². The highest BCUT2D eigenvalue weighted by Crippen LogP contribution is 2.20. The first-order valence-corrected chi connectivity index (χ1v) is 8.33. The van der Waals surface area contributed by atoms with E-state index >= 15 is 0 Å². The van der Waals surface area contributed by atoms with Crippen molar-refractivity contribution >= 4 is 17.5 Å². The number of hydrogen-bond acceptors (Lipinski definition) is 3. The topological polar surface area (TPSA) is 58.2 Å². The van der Waals surface area contributed by atoms with E-state index in [1.807, 2.05) is 30.3 Å². The van der Waals surface area contributed by atoms with Crippen LogP contribution in [0.25, 0.3) is 0 Å². The Balaban J connectivity index is 1.53. The molecule has 0 unspecified atom stereocenters. The lowest BCUT2D eigenvalue weighted by Crippen LogP contribution is -2.22. The lowest BCUT2D eigenvalue weighted by atomic mass is 9.97. The Morgan fingerprint density at radius 2 is 1.79 bits per heavy atom. The minimum absolute atomic E-state index is 0.154. The molecule has 1 aliphatic heterocycles. The average Bonchev–Trinajstić information content (AvgIpc) is 2.92. The lowest BCUT2D eigenvalue weighted by Gasteiger charge is -2.14. The number of hydrogen-bond donors (Lipinski definition) is 2. The molecular weight excluding hydrogens is 300 g/mol. The van der Waals surface area contributed by atoms with E-state index in [1.54, 1.807) is 0 Å². The first-order chi connectivity index (χ1) is 11.6. The number of imide groups is 1. The Hall–Kier alpha value is -2.62. The number of benzene rings is 2. The van der Waals surface area contributed by atoms with Gasteiger partial charge in [0.1, 0.15) is 0 Å². The van der Waals surface area contributed by atoms with E-state index in [1.165, 1.54) is 5.56 Å². The molecule has 2 amide bonds. The van der Waals surface area contributed by atoms with Gasteiger partial charge in [0, 0.05) is 18.7 Å². The van der Waals surface area contributed by atoms with E-state index in [9.17, 15) is 9.59 Å². The average molecular weight is 322 g/mol. The number of nitrogens with one attached hydrogen (secondary N) is 2. The summed E-state index contributed by atoms with van der Waals surface area (Å²) in [6.07, 6.45) is 0.908. The van der Waals surface area contributed by atoms with Crippen LogP contribution in [-0.2, 0) is 16.0 Å².